The average molecular weight is 435 g/mol. The number of benzene rings is 1. The summed E-state index contributed by atoms with van der Waals surface area (Å²) in [5.74, 6) is 2.62. The number of aliphatic hydroxyl groups is 2. The highest BCUT2D eigenvalue weighted by Crippen LogP contribution is 2.53. The molecule has 168 valence electrons. The summed E-state index contributed by atoms with van der Waals surface area (Å²) in [7, 11) is 1.74. The fourth-order valence-corrected chi connectivity index (χ4v) is 5.75. The van der Waals surface area contributed by atoms with Crippen molar-refractivity contribution in [2.24, 2.45) is 0 Å². The van der Waals surface area contributed by atoms with Crippen LogP contribution in [0.15, 0.2) is 23.8 Å². The van der Waals surface area contributed by atoms with E-state index in [1.165, 1.54) is 16.7 Å². The largest absolute Gasteiger partial charge is 0.496 e. The van der Waals surface area contributed by atoms with E-state index < -0.39 is 5.60 Å². The topological polar surface area (TPSA) is 62.2 Å². The van der Waals surface area contributed by atoms with Gasteiger partial charge in [0.1, 0.15) is 11.4 Å². The number of allylic oxidation sites excluding steroid dienone is 1. The van der Waals surface area contributed by atoms with Gasteiger partial charge in [0.2, 0.25) is 0 Å². The van der Waals surface area contributed by atoms with Crippen LogP contribution in [0.2, 0.25) is 0 Å². The monoisotopic (exact) mass is 434 g/mol. The van der Waals surface area contributed by atoms with Gasteiger partial charge in [0.25, 0.3) is 0 Å². The Morgan fingerprint density at radius 1 is 1.30 bits per heavy atom. The highest BCUT2D eigenvalue weighted by atomic mass is 32.2. The molecule has 0 aromatic heterocycles. The van der Waals surface area contributed by atoms with Crippen molar-refractivity contribution >= 4 is 11.8 Å². The Hall–Kier alpha value is -1.01. The number of epoxide rings is 1. The van der Waals surface area contributed by atoms with E-state index in [0.29, 0.717) is 25.7 Å². The second kappa shape index (κ2) is 9.64. The van der Waals surface area contributed by atoms with Crippen molar-refractivity contribution in [2.75, 3.05) is 18.6 Å². The number of hydrogen-bond acceptors (Lipinski definition) is 5. The zero-order valence-corrected chi connectivity index (χ0v) is 20.0. The van der Waals surface area contributed by atoms with E-state index >= 15 is 0 Å². The maximum atomic E-state index is 10.8. The number of aryl methyl sites for hydroxylation is 2. The first-order valence-electron chi connectivity index (χ1n) is 11.1. The Bertz CT molecular complexity index is 763. The molecule has 1 saturated heterocycles. The molecule has 5 heteroatoms. The van der Waals surface area contributed by atoms with Gasteiger partial charge in [-0.1, -0.05) is 23.8 Å². The first-order valence-corrected chi connectivity index (χ1v) is 12.3. The van der Waals surface area contributed by atoms with Gasteiger partial charge in [-0.05, 0) is 83.1 Å². The van der Waals surface area contributed by atoms with Crippen LogP contribution in [-0.4, -0.2) is 46.6 Å². The fourth-order valence-electron chi connectivity index (χ4n) is 4.57. The van der Waals surface area contributed by atoms with Crippen LogP contribution in [0.3, 0.4) is 0 Å². The predicted molar refractivity (Wildman–Crippen MR) is 124 cm³/mol. The summed E-state index contributed by atoms with van der Waals surface area (Å²) in [5, 5.41) is 20.5. The number of hydrogen-bond donors (Lipinski definition) is 2. The Labute approximate surface area is 186 Å². The number of thioether (sulfide) groups is 1. The molecule has 4 nitrogen and oxygen atoms in total. The average Bonchev–Trinajstić information content (AvgIpc) is 3.37. The molecule has 1 aromatic rings. The van der Waals surface area contributed by atoms with E-state index in [0.717, 1.165) is 35.7 Å². The molecule has 0 spiro atoms. The number of rotatable bonds is 9. The van der Waals surface area contributed by atoms with Crippen molar-refractivity contribution in [3.05, 3.63) is 40.5 Å². The minimum atomic E-state index is -0.626. The van der Waals surface area contributed by atoms with Crippen LogP contribution in [0.1, 0.15) is 69.6 Å². The van der Waals surface area contributed by atoms with E-state index in [9.17, 15) is 10.2 Å². The predicted octanol–water partition coefficient (Wildman–Crippen LogP) is 4.92. The molecule has 0 bridgehead atoms. The maximum absolute atomic E-state index is 10.8. The van der Waals surface area contributed by atoms with Crippen LogP contribution in [-0.2, 0) is 16.8 Å². The zero-order chi connectivity index (χ0) is 21.9. The van der Waals surface area contributed by atoms with Gasteiger partial charge in [-0.2, -0.15) is 11.8 Å². The van der Waals surface area contributed by atoms with Gasteiger partial charge in [0, 0.05) is 11.3 Å². The van der Waals surface area contributed by atoms with E-state index in [1.807, 2.05) is 0 Å². The van der Waals surface area contributed by atoms with Gasteiger partial charge in [0.15, 0.2) is 0 Å². The molecule has 2 fully saturated rings. The summed E-state index contributed by atoms with van der Waals surface area (Å²) in [5.41, 5.74) is 3.99. The van der Waals surface area contributed by atoms with Crippen LogP contribution < -0.4 is 4.74 Å². The molecule has 0 radical (unpaired) electrons. The molecule has 2 aliphatic rings. The highest BCUT2D eigenvalue weighted by molar-refractivity contribution is 7.99. The van der Waals surface area contributed by atoms with Gasteiger partial charge < -0.3 is 19.7 Å². The standard InChI is InChI=1S/C25H38O4S/c1-17(2)6-9-21-24(4,29-21)22-19(8-7-18(3)23(22)28-5)12-15-30-16-25(27)13-10-20(26)11-14-25/h6-8,20-21,26-27H,9-16H2,1-5H3. The van der Waals surface area contributed by atoms with Crippen LogP contribution in [0.4, 0.5) is 0 Å². The van der Waals surface area contributed by atoms with Crippen molar-refractivity contribution < 1.29 is 19.7 Å². The molecular weight excluding hydrogens is 396 g/mol. The molecule has 2 unspecified atom stereocenters. The summed E-state index contributed by atoms with van der Waals surface area (Å²) in [6.07, 6.45) is 6.84. The smallest absolute Gasteiger partial charge is 0.128 e. The normalized spacial score (nSPS) is 30.8. The number of ether oxygens (including phenoxy) is 2. The molecular formula is C25H38O4S. The van der Waals surface area contributed by atoms with E-state index in [-0.39, 0.29) is 17.8 Å². The van der Waals surface area contributed by atoms with Gasteiger partial charge in [-0.25, -0.2) is 0 Å². The van der Waals surface area contributed by atoms with Crippen LogP contribution in [0, 0.1) is 6.92 Å². The number of aliphatic hydroxyl groups excluding tert-OH is 1. The molecule has 1 aliphatic heterocycles. The quantitative estimate of drug-likeness (QED) is 0.328. The SMILES string of the molecule is COc1c(C)ccc(CCSCC2(O)CCC(O)CC2)c1C1(C)OC1CC=C(C)C. The lowest BCUT2D eigenvalue weighted by Crippen LogP contribution is -2.38. The van der Waals surface area contributed by atoms with Gasteiger partial charge in [0.05, 0.1) is 24.9 Å². The van der Waals surface area contributed by atoms with Crippen molar-refractivity contribution in [2.45, 2.75) is 89.6 Å². The lowest BCUT2D eigenvalue weighted by atomic mass is 9.85. The van der Waals surface area contributed by atoms with Crippen molar-refractivity contribution in [1.82, 2.24) is 0 Å². The van der Waals surface area contributed by atoms with Crippen LogP contribution >= 0.6 is 11.8 Å². The molecule has 1 aromatic carbocycles. The van der Waals surface area contributed by atoms with E-state index in [4.69, 9.17) is 9.47 Å². The Balaban J connectivity index is 1.67. The first kappa shape index (κ1) is 23.6. The molecule has 3 rings (SSSR count). The summed E-state index contributed by atoms with van der Waals surface area (Å²) in [4.78, 5) is 0. The highest BCUT2D eigenvalue weighted by Gasteiger charge is 2.55. The molecule has 1 heterocycles. The fraction of sp³-hybridized carbons (Fsp3) is 0.680. The third-order valence-corrected chi connectivity index (χ3v) is 7.83. The first-order chi connectivity index (χ1) is 14.2. The van der Waals surface area contributed by atoms with Crippen LogP contribution in [0.5, 0.6) is 5.75 Å². The molecule has 2 N–H and O–H groups in total. The molecule has 0 amide bonds. The van der Waals surface area contributed by atoms with Crippen LogP contribution in [0.25, 0.3) is 0 Å². The second-order valence-corrected chi connectivity index (χ2v) is 10.5. The molecule has 1 saturated carbocycles. The Morgan fingerprint density at radius 2 is 2.00 bits per heavy atom. The van der Waals surface area contributed by atoms with Crippen molar-refractivity contribution in [1.29, 1.82) is 0 Å². The second-order valence-electron chi connectivity index (χ2n) is 9.44. The lowest BCUT2D eigenvalue weighted by molar-refractivity contribution is -0.0139. The lowest BCUT2D eigenvalue weighted by Gasteiger charge is -2.34. The number of methoxy groups -OCH3 is 1. The minimum absolute atomic E-state index is 0.184. The summed E-state index contributed by atoms with van der Waals surface area (Å²) >= 11 is 1.80. The van der Waals surface area contributed by atoms with Gasteiger partial charge >= 0.3 is 0 Å². The molecule has 30 heavy (non-hydrogen) atoms. The van der Waals surface area contributed by atoms with Crippen molar-refractivity contribution in [3.8, 4) is 5.75 Å². The third kappa shape index (κ3) is 5.42. The van der Waals surface area contributed by atoms with Gasteiger partial charge in [-0.3, -0.25) is 0 Å². The zero-order valence-electron chi connectivity index (χ0n) is 19.2. The summed E-state index contributed by atoms with van der Waals surface area (Å²) in [6.45, 7) is 8.51. The van der Waals surface area contributed by atoms with E-state index in [1.54, 1.807) is 18.9 Å². The summed E-state index contributed by atoms with van der Waals surface area (Å²) < 4.78 is 12.0. The van der Waals surface area contributed by atoms with E-state index in [2.05, 4.69) is 45.9 Å². The molecule has 1 aliphatic carbocycles. The van der Waals surface area contributed by atoms with Crippen molar-refractivity contribution in [3.63, 3.8) is 0 Å². The third-order valence-electron chi connectivity index (χ3n) is 6.60. The maximum Gasteiger partial charge on any atom is 0.128 e. The Morgan fingerprint density at radius 3 is 2.63 bits per heavy atom. The summed E-state index contributed by atoms with van der Waals surface area (Å²) in [6, 6.07) is 4.35. The molecule has 2 atom stereocenters. The Kier molecular flexibility index (Phi) is 7.60. The minimum Gasteiger partial charge on any atom is -0.496 e. The van der Waals surface area contributed by atoms with Gasteiger partial charge in [-0.15, -0.1) is 0 Å².